The Morgan fingerprint density at radius 3 is 2.31 bits per heavy atom. The third-order valence-electron chi connectivity index (χ3n) is 6.07. The van der Waals surface area contributed by atoms with Crippen molar-refractivity contribution in [2.45, 2.75) is 71.1 Å². The normalized spacial score (nSPS) is 19.3. The number of halogens is 3. The Labute approximate surface area is 172 Å². The van der Waals surface area contributed by atoms with E-state index in [9.17, 15) is 13.2 Å². The van der Waals surface area contributed by atoms with Crippen molar-refractivity contribution in [1.82, 2.24) is 0 Å². The summed E-state index contributed by atoms with van der Waals surface area (Å²) in [6.07, 6.45) is 8.42. The van der Waals surface area contributed by atoms with Crippen LogP contribution in [0, 0.1) is 23.4 Å². The third-order valence-corrected chi connectivity index (χ3v) is 6.07. The lowest BCUT2D eigenvalue weighted by Crippen LogP contribution is -2.15. The van der Waals surface area contributed by atoms with E-state index in [4.69, 9.17) is 4.74 Å². The van der Waals surface area contributed by atoms with Crippen LogP contribution in [-0.2, 0) is 0 Å². The van der Waals surface area contributed by atoms with Crippen LogP contribution < -0.4 is 4.74 Å². The van der Waals surface area contributed by atoms with E-state index in [1.54, 1.807) is 18.2 Å². The fourth-order valence-corrected chi connectivity index (χ4v) is 4.36. The summed E-state index contributed by atoms with van der Waals surface area (Å²) < 4.78 is 49.3. The van der Waals surface area contributed by atoms with E-state index in [0.29, 0.717) is 17.7 Å². The molecular weight excluding hydrogens is 373 g/mol. The van der Waals surface area contributed by atoms with Crippen molar-refractivity contribution in [1.29, 1.82) is 0 Å². The van der Waals surface area contributed by atoms with Gasteiger partial charge in [-0.25, -0.2) is 13.2 Å². The highest BCUT2D eigenvalue weighted by molar-refractivity contribution is 5.66. The summed E-state index contributed by atoms with van der Waals surface area (Å²) >= 11 is 0. The molecule has 158 valence electrons. The van der Waals surface area contributed by atoms with Gasteiger partial charge in [-0.3, -0.25) is 0 Å². The van der Waals surface area contributed by atoms with Gasteiger partial charge in [0, 0.05) is 5.56 Å². The van der Waals surface area contributed by atoms with Crippen LogP contribution in [0.3, 0.4) is 0 Å². The Bertz CT molecular complexity index is 810. The monoisotopic (exact) mass is 404 g/mol. The number of hydrogen-bond acceptors (Lipinski definition) is 1. The molecule has 0 N–H and O–H groups in total. The Morgan fingerprint density at radius 2 is 1.66 bits per heavy atom. The summed E-state index contributed by atoms with van der Waals surface area (Å²) in [6, 6.07) is 7.53. The summed E-state index contributed by atoms with van der Waals surface area (Å²) in [7, 11) is 0. The largest absolute Gasteiger partial charge is 0.491 e. The Kier molecular flexibility index (Phi) is 7.63. The molecule has 0 radical (unpaired) electrons. The highest BCUT2D eigenvalue weighted by Gasteiger charge is 2.26. The number of ether oxygens (including phenoxy) is 1. The van der Waals surface area contributed by atoms with Gasteiger partial charge in [0.25, 0.3) is 0 Å². The van der Waals surface area contributed by atoms with Crippen LogP contribution in [0.4, 0.5) is 13.2 Å². The number of rotatable bonds is 8. The SMILES string of the molecule is CCCCC1CCC(c2ccc(-c3ccc(OCCC)c(F)c3)c(F)c2F)CC1. The van der Waals surface area contributed by atoms with Crippen LogP contribution in [0.1, 0.15) is 76.7 Å². The predicted molar refractivity (Wildman–Crippen MR) is 112 cm³/mol. The van der Waals surface area contributed by atoms with Crippen molar-refractivity contribution in [2.24, 2.45) is 5.92 Å². The molecule has 1 nitrogen and oxygen atoms in total. The van der Waals surface area contributed by atoms with Crippen molar-refractivity contribution in [3.05, 3.63) is 53.3 Å². The van der Waals surface area contributed by atoms with Gasteiger partial charge in [0.05, 0.1) is 6.61 Å². The second kappa shape index (κ2) is 10.2. The van der Waals surface area contributed by atoms with E-state index in [2.05, 4.69) is 6.92 Å². The number of hydrogen-bond donors (Lipinski definition) is 0. The smallest absolute Gasteiger partial charge is 0.166 e. The lowest BCUT2D eigenvalue weighted by atomic mass is 9.76. The van der Waals surface area contributed by atoms with Gasteiger partial charge in [0.2, 0.25) is 0 Å². The molecule has 3 rings (SSSR count). The molecule has 1 aliphatic carbocycles. The highest BCUT2D eigenvalue weighted by atomic mass is 19.2. The van der Waals surface area contributed by atoms with Crippen LogP contribution in [0.15, 0.2) is 30.3 Å². The van der Waals surface area contributed by atoms with Crippen molar-refractivity contribution in [3.8, 4) is 16.9 Å². The fraction of sp³-hybridized carbons (Fsp3) is 0.520. The zero-order chi connectivity index (χ0) is 20.8. The first-order chi connectivity index (χ1) is 14.0. The summed E-state index contributed by atoms with van der Waals surface area (Å²) in [5.41, 5.74) is 0.866. The molecule has 4 heteroatoms. The minimum absolute atomic E-state index is 0.0676. The standard InChI is InChI=1S/C25H31F3O/c1-3-5-6-17-7-9-18(10-8-17)20-12-13-21(25(28)24(20)27)19-11-14-23(22(26)16-19)29-15-4-2/h11-14,16-18H,3-10,15H2,1-2H3. The Hall–Kier alpha value is -1.97. The van der Waals surface area contributed by atoms with Gasteiger partial charge in [-0.1, -0.05) is 51.3 Å². The average molecular weight is 405 g/mol. The van der Waals surface area contributed by atoms with E-state index in [-0.39, 0.29) is 17.2 Å². The molecule has 0 amide bonds. The molecule has 2 aromatic rings. The second-order valence-electron chi connectivity index (χ2n) is 8.18. The zero-order valence-electron chi connectivity index (χ0n) is 17.4. The molecule has 0 atom stereocenters. The quantitative estimate of drug-likeness (QED) is 0.433. The van der Waals surface area contributed by atoms with Gasteiger partial charge in [-0.05, 0) is 67.2 Å². The topological polar surface area (TPSA) is 9.23 Å². The molecule has 1 saturated carbocycles. The minimum atomic E-state index is -0.891. The highest BCUT2D eigenvalue weighted by Crippen LogP contribution is 2.40. The van der Waals surface area contributed by atoms with E-state index in [1.807, 2.05) is 6.92 Å². The number of unbranched alkanes of at least 4 members (excludes halogenated alkanes) is 1. The van der Waals surface area contributed by atoms with Gasteiger partial charge >= 0.3 is 0 Å². The molecule has 29 heavy (non-hydrogen) atoms. The average Bonchev–Trinajstić information content (AvgIpc) is 2.74. The Balaban J connectivity index is 1.76. The summed E-state index contributed by atoms with van der Waals surface area (Å²) in [5.74, 6) is -1.32. The van der Waals surface area contributed by atoms with Crippen LogP contribution in [0.2, 0.25) is 0 Å². The molecule has 0 spiro atoms. The van der Waals surface area contributed by atoms with E-state index in [1.165, 1.54) is 31.4 Å². The molecule has 2 aromatic carbocycles. The first-order valence-corrected chi connectivity index (χ1v) is 11.0. The second-order valence-corrected chi connectivity index (χ2v) is 8.18. The summed E-state index contributed by atoms with van der Waals surface area (Å²) in [5, 5.41) is 0. The first-order valence-electron chi connectivity index (χ1n) is 11.0. The van der Waals surface area contributed by atoms with Gasteiger partial charge in [0.15, 0.2) is 23.2 Å². The summed E-state index contributed by atoms with van der Waals surface area (Å²) in [6.45, 7) is 4.54. The molecule has 0 bridgehead atoms. The van der Waals surface area contributed by atoms with Crippen LogP contribution in [-0.4, -0.2) is 6.61 Å². The van der Waals surface area contributed by atoms with Crippen LogP contribution >= 0.6 is 0 Å². The van der Waals surface area contributed by atoms with E-state index >= 15 is 0 Å². The van der Waals surface area contributed by atoms with Crippen molar-refractivity contribution in [2.75, 3.05) is 6.61 Å². The maximum atomic E-state index is 14.9. The molecule has 0 aromatic heterocycles. The van der Waals surface area contributed by atoms with Crippen molar-refractivity contribution >= 4 is 0 Å². The molecule has 1 fully saturated rings. The molecule has 0 heterocycles. The lowest BCUT2D eigenvalue weighted by Gasteiger charge is -2.29. The van der Waals surface area contributed by atoms with Crippen LogP contribution in [0.25, 0.3) is 11.1 Å². The third kappa shape index (κ3) is 5.15. The van der Waals surface area contributed by atoms with Crippen molar-refractivity contribution in [3.63, 3.8) is 0 Å². The first kappa shape index (κ1) is 21.7. The zero-order valence-corrected chi connectivity index (χ0v) is 17.4. The Morgan fingerprint density at radius 1 is 0.897 bits per heavy atom. The predicted octanol–water partition coefficient (Wildman–Crippen LogP) is 8.02. The van der Waals surface area contributed by atoms with Gasteiger partial charge < -0.3 is 4.74 Å². The molecule has 0 unspecified atom stereocenters. The maximum Gasteiger partial charge on any atom is 0.166 e. The van der Waals surface area contributed by atoms with Gasteiger partial charge in [-0.15, -0.1) is 0 Å². The van der Waals surface area contributed by atoms with Gasteiger partial charge in [0.1, 0.15) is 0 Å². The van der Waals surface area contributed by atoms with E-state index < -0.39 is 17.5 Å². The summed E-state index contributed by atoms with van der Waals surface area (Å²) in [4.78, 5) is 0. The molecular formula is C25H31F3O. The number of benzene rings is 2. The minimum Gasteiger partial charge on any atom is -0.491 e. The van der Waals surface area contributed by atoms with Crippen molar-refractivity contribution < 1.29 is 17.9 Å². The molecule has 1 aliphatic rings. The van der Waals surface area contributed by atoms with Crippen LogP contribution in [0.5, 0.6) is 5.75 Å². The lowest BCUT2D eigenvalue weighted by molar-refractivity contribution is 0.299. The van der Waals surface area contributed by atoms with E-state index in [0.717, 1.165) is 38.0 Å². The molecule has 0 aliphatic heterocycles. The molecule has 0 saturated heterocycles. The fourth-order valence-electron chi connectivity index (χ4n) is 4.36. The maximum absolute atomic E-state index is 14.9. The van der Waals surface area contributed by atoms with Gasteiger partial charge in [-0.2, -0.15) is 0 Å².